The van der Waals surface area contributed by atoms with Crippen LogP contribution in [0.4, 0.5) is 5.69 Å². The smallest absolute Gasteiger partial charge is 0.307 e. The quantitative estimate of drug-likeness (QED) is 0.633. The van der Waals surface area contributed by atoms with E-state index in [1.54, 1.807) is 25.2 Å². The number of methoxy groups -OCH3 is 2. The molecule has 0 aliphatic heterocycles. The minimum atomic E-state index is -0.353. The highest BCUT2D eigenvalue weighted by atomic mass is 16.5. The monoisotopic (exact) mass is 266 g/mol. The Kier molecular flexibility index (Phi) is 5.17. The van der Waals surface area contributed by atoms with Crippen molar-refractivity contribution in [1.29, 1.82) is 0 Å². The number of anilines is 1. The summed E-state index contributed by atoms with van der Waals surface area (Å²) in [6, 6.07) is 4.82. The molecule has 0 radical (unpaired) electrons. The second kappa shape index (κ2) is 6.63. The number of ether oxygens (including phenoxy) is 2. The van der Waals surface area contributed by atoms with Crippen LogP contribution in [0.25, 0.3) is 0 Å². The Bertz CT molecular complexity index is 474. The predicted molar refractivity (Wildman–Crippen MR) is 71.0 cm³/mol. The molecule has 0 aromatic heterocycles. The number of nitrogens with two attached hydrogens (primary N) is 1. The molecule has 0 saturated carbocycles. The van der Waals surface area contributed by atoms with Crippen LogP contribution in [-0.4, -0.2) is 44.6 Å². The number of nitrogen functional groups attached to an aromatic ring is 1. The van der Waals surface area contributed by atoms with E-state index >= 15 is 0 Å². The maximum absolute atomic E-state index is 12.1. The molecule has 1 rings (SSSR count). The van der Waals surface area contributed by atoms with E-state index in [9.17, 15) is 9.59 Å². The number of rotatable bonds is 5. The standard InChI is InChI=1S/C13H18N2O4/c1-15(7-6-12(16)19-3)13(17)9-4-5-11(18-2)10(14)8-9/h4-5,8H,6-7,14H2,1-3H3. The van der Waals surface area contributed by atoms with Gasteiger partial charge in [-0.15, -0.1) is 0 Å². The number of esters is 1. The van der Waals surface area contributed by atoms with Gasteiger partial charge < -0.3 is 20.1 Å². The van der Waals surface area contributed by atoms with Gasteiger partial charge >= 0.3 is 5.97 Å². The number of benzene rings is 1. The second-order valence-corrected chi connectivity index (χ2v) is 4.01. The Hall–Kier alpha value is -2.24. The van der Waals surface area contributed by atoms with E-state index < -0.39 is 0 Å². The molecule has 0 aliphatic rings. The van der Waals surface area contributed by atoms with Crippen LogP contribution in [0.1, 0.15) is 16.8 Å². The lowest BCUT2D eigenvalue weighted by Gasteiger charge is -2.17. The summed E-state index contributed by atoms with van der Waals surface area (Å²) in [5.41, 5.74) is 6.59. The fourth-order valence-electron chi connectivity index (χ4n) is 1.55. The van der Waals surface area contributed by atoms with E-state index in [0.717, 1.165) is 0 Å². The lowest BCUT2D eigenvalue weighted by atomic mass is 10.1. The molecule has 6 nitrogen and oxygen atoms in total. The molecule has 2 N–H and O–H groups in total. The molecule has 0 aliphatic carbocycles. The van der Waals surface area contributed by atoms with Gasteiger partial charge in [-0.1, -0.05) is 0 Å². The highest BCUT2D eigenvalue weighted by Crippen LogP contribution is 2.22. The Balaban J connectivity index is 2.71. The van der Waals surface area contributed by atoms with Crippen molar-refractivity contribution in [3.8, 4) is 5.75 Å². The van der Waals surface area contributed by atoms with Crippen molar-refractivity contribution in [2.45, 2.75) is 6.42 Å². The summed E-state index contributed by atoms with van der Waals surface area (Å²) in [5, 5.41) is 0. The van der Waals surface area contributed by atoms with Gasteiger partial charge in [0.25, 0.3) is 5.91 Å². The van der Waals surface area contributed by atoms with Crippen LogP contribution in [0, 0.1) is 0 Å². The summed E-state index contributed by atoms with van der Waals surface area (Å²) in [5.74, 6) is -0.0408. The third-order valence-electron chi connectivity index (χ3n) is 2.70. The fraction of sp³-hybridized carbons (Fsp3) is 0.385. The van der Waals surface area contributed by atoms with Crippen LogP contribution < -0.4 is 10.5 Å². The number of hydrogen-bond donors (Lipinski definition) is 1. The summed E-state index contributed by atoms with van der Waals surface area (Å²) in [6.45, 7) is 0.289. The average molecular weight is 266 g/mol. The normalized spacial score (nSPS) is 9.84. The van der Waals surface area contributed by atoms with Crippen LogP contribution in [-0.2, 0) is 9.53 Å². The van der Waals surface area contributed by atoms with Crippen molar-refractivity contribution in [2.75, 3.05) is 33.5 Å². The molecular formula is C13H18N2O4. The second-order valence-electron chi connectivity index (χ2n) is 4.01. The molecule has 1 amide bonds. The molecule has 0 saturated heterocycles. The van der Waals surface area contributed by atoms with E-state index in [2.05, 4.69) is 4.74 Å². The van der Waals surface area contributed by atoms with Crippen LogP contribution in [0.5, 0.6) is 5.75 Å². The maximum Gasteiger partial charge on any atom is 0.307 e. The summed E-state index contributed by atoms with van der Waals surface area (Å²) in [6.07, 6.45) is 0.157. The molecule has 0 fully saturated rings. The summed E-state index contributed by atoms with van der Waals surface area (Å²) in [7, 11) is 4.44. The first-order valence-electron chi connectivity index (χ1n) is 5.75. The lowest BCUT2D eigenvalue weighted by molar-refractivity contribution is -0.140. The molecule has 6 heteroatoms. The first-order chi connectivity index (χ1) is 8.99. The fourth-order valence-corrected chi connectivity index (χ4v) is 1.55. The van der Waals surface area contributed by atoms with Crippen molar-refractivity contribution in [1.82, 2.24) is 4.90 Å². The molecule has 1 aromatic carbocycles. The SMILES string of the molecule is COC(=O)CCN(C)C(=O)c1ccc(OC)c(N)c1. The first kappa shape index (κ1) is 14.8. The van der Waals surface area contributed by atoms with Crippen molar-refractivity contribution in [2.24, 2.45) is 0 Å². The van der Waals surface area contributed by atoms with Gasteiger partial charge in [-0.05, 0) is 18.2 Å². The van der Waals surface area contributed by atoms with Gasteiger partial charge in [0.1, 0.15) is 5.75 Å². The number of amides is 1. The molecular weight excluding hydrogens is 248 g/mol. The van der Waals surface area contributed by atoms with E-state index in [0.29, 0.717) is 17.0 Å². The topological polar surface area (TPSA) is 81.9 Å². The predicted octanol–water partition coefficient (Wildman–Crippen LogP) is 0.912. The summed E-state index contributed by atoms with van der Waals surface area (Å²) in [4.78, 5) is 24.5. The Morgan fingerprint density at radius 2 is 2.00 bits per heavy atom. The molecule has 0 spiro atoms. The van der Waals surface area contributed by atoms with Crippen molar-refractivity contribution < 1.29 is 19.1 Å². The van der Waals surface area contributed by atoms with Gasteiger partial charge in [0, 0.05) is 19.2 Å². The van der Waals surface area contributed by atoms with Gasteiger partial charge in [-0.25, -0.2) is 0 Å². The lowest BCUT2D eigenvalue weighted by Crippen LogP contribution is -2.29. The highest BCUT2D eigenvalue weighted by molar-refractivity contribution is 5.95. The molecule has 0 atom stereocenters. The summed E-state index contributed by atoms with van der Waals surface area (Å²) < 4.78 is 9.54. The van der Waals surface area contributed by atoms with Crippen LogP contribution >= 0.6 is 0 Å². The van der Waals surface area contributed by atoms with Gasteiger partial charge in [-0.3, -0.25) is 9.59 Å². The van der Waals surface area contributed by atoms with E-state index in [4.69, 9.17) is 10.5 Å². The Morgan fingerprint density at radius 3 is 2.53 bits per heavy atom. The number of carbonyl (C=O) groups excluding carboxylic acids is 2. The largest absolute Gasteiger partial charge is 0.495 e. The number of carbonyl (C=O) groups is 2. The number of nitrogens with zero attached hydrogens (tertiary/aromatic N) is 1. The molecule has 1 aromatic rings. The third-order valence-corrected chi connectivity index (χ3v) is 2.70. The Labute approximate surface area is 112 Å². The average Bonchev–Trinajstić information content (AvgIpc) is 2.43. The van der Waals surface area contributed by atoms with Gasteiger partial charge in [0.2, 0.25) is 0 Å². The van der Waals surface area contributed by atoms with Crippen molar-refractivity contribution in [3.05, 3.63) is 23.8 Å². The van der Waals surface area contributed by atoms with E-state index in [1.807, 2.05) is 0 Å². The minimum absolute atomic E-state index is 0.157. The number of hydrogen-bond acceptors (Lipinski definition) is 5. The zero-order chi connectivity index (χ0) is 14.4. The minimum Gasteiger partial charge on any atom is -0.495 e. The van der Waals surface area contributed by atoms with Crippen molar-refractivity contribution in [3.63, 3.8) is 0 Å². The molecule has 0 unspecified atom stereocenters. The third kappa shape index (κ3) is 3.87. The van der Waals surface area contributed by atoms with Crippen LogP contribution in [0.2, 0.25) is 0 Å². The first-order valence-corrected chi connectivity index (χ1v) is 5.75. The maximum atomic E-state index is 12.1. The highest BCUT2D eigenvalue weighted by Gasteiger charge is 2.14. The molecule has 104 valence electrons. The summed E-state index contributed by atoms with van der Waals surface area (Å²) >= 11 is 0. The van der Waals surface area contributed by atoms with E-state index in [-0.39, 0.29) is 24.8 Å². The van der Waals surface area contributed by atoms with Gasteiger partial charge in [0.15, 0.2) is 0 Å². The molecule has 0 heterocycles. The van der Waals surface area contributed by atoms with E-state index in [1.165, 1.54) is 19.1 Å². The molecule has 0 bridgehead atoms. The van der Waals surface area contributed by atoms with Gasteiger partial charge in [0.05, 0.1) is 26.3 Å². The van der Waals surface area contributed by atoms with Crippen LogP contribution in [0.15, 0.2) is 18.2 Å². The van der Waals surface area contributed by atoms with Gasteiger partial charge in [-0.2, -0.15) is 0 Å². The van der Waals surface area contributed by atoms with Crippen molar-refractivity contribution >= 4 is 17.6 Å². The Morgan fingerprint density at radius 1 is 1.32 bits per heavy atom. The molecule has 19 heavy (non-hydrogen) atoms. The zero-order valence-corrected chi connectivity index (χ0v) is 11.3. The van der Waals surface area contributed by atoms with Crippen LogP contribution in [0.3, 0.4) is 0 Å². The zero-order valence-electron chi connectivity index (χ0n) is 11.3.